The van der Waals surface area contributed by atoms with E-state index < -0.39 is 0 Å². The summed E-state index contributed by atoms with van der Waals surface area (Å²) in [6, 6.07) is 13.8. The van der Waals surface area contributed by atoms with Crippen molar-refractivity contribution in [3.05, 3.63) is 54.1 Å². The van der Waals surface area contributed by atoms with Crippen LogP contribution in [0.2, 0.25) is 0 Å². The van der Waals surface area contributed by atoms with Crippen LogP contribution in [0.4, 0.5) is 0 Å². The smallest absolute Gasteiger partial charge is 0.227 e. The number of benzene rings is 1. The molecule has 0 aliphatic rings. The molecule has 0 aliphatic heterocycles. The fourth-order valence-corrected chi connectivity index (χ4v) is 1.67. The summed E-state index contributed by atoms with van der Waals surface area (Å²) in [6.45, 7) is 0. The van der Waals surface area contributed by atoms with Gasteiger partial charge in [0.1, 0.15) is 0 Å². The third kappa shape index (κ3) is 2.42. The van der Waals surface area contributed by atoms with E-state index in [0.717, 1.165) is 11.1 Å². The van der Waals surface area contributed by atoms with E-state index in [1.54, 1.807) is 0 Å². The van der Waals surface area contributed by atoms with Gasteiger partial charge in [0, 0.05) is 18.8 Å². The largest absolute Gasteiger partial charge is 0.334 e. The zero-order valence-corrected chi connectivity index (χ0v) is 9.50. The lowest BCUT2D eigenvalue weighted by atomic mass is 10.1. The Hall–Kier alpha value is -2.36. The van der Waals surface area contributed by atoms with Crippen LogP contribution in [0.25, 0.3) is 11.1 Å². The number of aryl methyl sites for hydroxylation is 1. The van der Waals surface area contributed by atoms with Crippen LogP contribution in [-0.4, -0.2) is 11.0 Å². The lowest BCUT2D eigenvalue weighted by Crippen LogP contribution is -2.23. The SMILES string of the molecule is Cn1cccc(-c2ccccc2)/c1=N/NC=O. The van der Waals surface area contributed by atoms with Crippen LogP contribution in [0.1, 0.15) is 0 Å². The van der Waals surface area contributed by atoms with E-state index in [1.165, 1.54) is 0 Å². The number of hydrogen-bond donors (Lipinski definition) is 1. The first-order valence-electron chi connectivity index (χ1n) is 5.27. The van der Waals surface area contributed by atoms with Crippen molar-refractivity contribution in [2.75, 3.05) is 0 Å². The van der Waals surface area contributed by atoms with E-state index in [1.807, 2.05) is 60.3 Å². The normalized spacial score (nSPS) is 11.2. The molecule has 0 saturated carbocycles. The minimum Gasteiger partial charge on any atom is -0.334 e. The van der Waals surface area contributed by atoms with Crippen LogP contribution in [0.15, 0.2) is 53.8 Å². The molecule has 1 aromatic heterocycles. The van der Waals surface area contributed by atoms with Crippen molar-refractivity contribution >= 4 is 6.41 Å². The fraction of sp³-hybridized carbons (Fsp3) is 0.0769. The maximum absolute atomic E-state index is 10.3. The standard InChI is InChI=1S/C13H13N3O/c1-16-9-5-8-12(13(16)15-14-10-17)11-6-3-2-4-7-11/h2-10H,1H3,(H,14,17)/b15-13-. The van der Waals surface area contributed by atoms with E-state index in [0.29, 0.717) is 11.9 Å². The van der Waals surface area contributed by atoms with E-state index in [9.17, 15) is 4.79 Å². The number of rotatable bonds is 3. The summed E-state index contributed by atoms with van der Waals surface area (Å²) < 4.78 is 1.86. The van der Waals surface area contributed by atoms with E-state index in [4.69, 9.17) is 0 Å². The minimum atomic E-state index is 0.557. The predicted molar refractivity (Wildman–Crippen MR) is 65.6 cm³/mol. The number of carbonyl (C=O) groups is 1. The molecule has 2 aromatic rings. The Labute approximate surface area is 99.2 Å². The molecule has 0 radical (unpaired) electrons. The monoisotopic (exact) mass is 227 g/mol. The number of nitrogens with zero attached hydrogens (tertiary/aromatic N) is 2. The van der Waals surface area contributed by atoms with Gasteiger partial charge in [-0.05, 0) is 17.7 Å². The van der Waals surface area contributed by atoms with Gasteiger partial charge in [0.2, 0.25) is 6.41 Å². The molecule has 0 aliphatic carbocycles. The molecule has 4 nitrogen and oxygen atoms in total. The van der Waals surface area contributed by atoms with Gasteiger partial charge in [0.05, 0.1) is 0 Å². The molecule has 1 heterocycles. The van der Waals surface area contributed by atoms with Crippen molar-refractivity contribution in [3.63, 3.8) is 0 Å². The van der Waals surface area contributed by atoms with Crippen molar-refractivity contribution in [1.82, 2.24) is 9.99 Å². The van der Waals surface area contributed by atoms with Gasteiger partial charge in [0.15, 0.2) is 5.49 Å². The summed E-state index contributed by atoms with van der Waals surface area (Å²) >= 11 is 0. The lowest BCUT2D eigenvalue weighted by Gasteiger charge is -2.06. The van der Waals surface area contributed by atoms with Gasteiger partial charge in [-0.3, -0.25) is 4.79 Å². The van der Waals surface area contributed by atoms with Crippen LogP contribution in [-0.2, 0) is 11.8 Å². The summed E-state index contributed by atoms with van der Waals surface area (Å²) in [6.07, 6.45) is 2.44. The van der Waals surface area contributed by atoms with Gasteiger partial charge < -0.3 is 4.57 Å². The average molecular weight is 227 g/mol. The summed E-state index contributed by atoms with van der Waals surface area (Å²) in [7, 11) is 1.89. The molecule has 0 atom stereocenters. The molecular weight excluding hydrogens is 214 g/mol. The van der Waals surface area contributed by atoms with Crippen LogP contribution < -0.4 is 10.9 Å². The molecule has 17 heavy (non-hydrogen) atoms. The van der Waals surface area contributed by atoms with Crippen LogP contribution in [0.5, 0.6) is 0 Å². The number of nitrogens with one attached hydrogen (secondary N) is 1. The van der Waals surface area contributed by atoms with Crippen molar-refractivity contribution in [1.29, 1.82) is 0 Å². The van der Waals surface area contributed by atoms with E-state index in [2.05, 4.69) is 10.5 Å². The van der Waals surface area contributed by atoms with Crippen molar-refractivity contribution in [2.24, 2.45) is 12.1 Å². The van der Waals surface area contributed by atoms with Crippen LogP contribution >= 0.6 is 0 Å². The molecule has 0 fully saturated rings. The van der Waals surface area contributed by atoms with E-state index >= 15 is 0 Å². The van der Waals surface area contributed by atoms with Gasteiger partial charge >= 0.3 is 0 Å². The Morgan fingerprint density at radius 2 is 1.94 bits per heavy atom. The number of aromatic nitrogens is 1. The first kappa shape index (κ1) is 11.1. The minimum absolute atomic E-state index is 0.557. The van der Waals surface area contributed by atoms with Crippen molar-refractivity contribution in [2.45, 2.75) is 0 Å². The number of hydrogen-bond acceptors (Lipinski definition) is 2. The van der Waals surface area contributed by atoms with Crippen molar-refractivity contribution < 1.29 is 4.79 Å². The Morgan fingerprint density at radius 3 is 2.65 bits per heavy atom. The van der Waals surface area contributed by atoms with E-state index in [-0.39, 0.29) is 0 Å². The number of amides is 1. The Balaban J connectivity index is 2.62. The Morgan fingerprint density at radius 1 is 1.18 bits per heavy atom. The summed E-state index contributed by atoms with van der Waals surface area (Å²) in [5, 5.41) is 4.05. The second-order valence-electron chi connectivity index (χ2n) is 3.58. The molecule has 4 heteroatoms. The predicted octanol–water partition coefficient (Wildman–Crippen LogP) is 1.25. The molecule has 0 unspecified atom stereocenters. The fourth-order valence-electron chi connectivity index (χ4n) is 1.67. The van der Waals surface area contributed by atoms with Crippen molar-refractivity contribution in [3.8, 4) is 11.1 Å². The number of pyridine rings is 1. The highest BCUT2D eigenvalue weighted by Gasteiger charge is 2.01. The maximum atomic E-state index is 10.3. The Kier molecular flexibility index (Phi) is 3.35. The van der Waals surface area contributed by atoms with Crippen LogP contribution in [0.3, 0.4) is 0 Å². The first-order chi connectivity index (χ1) is 8.33. The zero-order valence-electron chi connectivity index (χ0n) is 9.50. The zero-order chi connectivity index (χ0) is 12.1. The second kappa shape index (κ2) is 5.12. The van der Waals surface area contributed by atoms with Crippen LogP contribution in [0, 0.1) is 0 Å². The average Bonchev–Trinajstić information content (AvgIpc) is 2.38. The van der Waals surface area contributed by atoms with Gasteiger partial charge in [-0.25, -0.2) is 5.43 Å². The number of carbonyl (C=O) groups excluding carboxylic acids is 1. The molecule has 1 aromatic carbocycles. The third-order valence-corrected chi connectivity index (χ3v) is 2.46. The summed E-state index contributed by atoms with van der Waals surface area (Å²) in [5.41, 5.74) is 5.09. The van der Waals surface area contributed by atoms with Gasteiger partial charge in [-0.2, -0.15) is 5.10 Å². The quantitative estimate of drug-likeness (QED) is 0.622. The Bertz CT molecular complexity index is 573. The molecule has 0 bridgehead atoms. The van der Waals surface area contributed by atoms with Gasteiger partial charge in [-0.1, -0.05) is 30.3 Å². The molecule has 0 saturated heterocycles. The molecule has 86 valence electrons. The van der Waals surface area contributed by atoms with Gasteiger partial charge in [-0.15, -0.1) is 0 Å². The highest BCUT2D eigenvalue weighted by molar-refractivity contribution is 5.61. The highest BCUT2D eigenvalue weighted by Crippen LogP contribution is 2.13. The first-order valence-corrected chi connectivity index (χ1v) is 5.27. The maximum Gasteiger partial charge on any atom is 0.227 e. The van der Waals surface area contributed by atoms with Gasteiger partial charge in [0.25, 0.3) is 0 Å². The molecule has 2 rings (SSSR count). The molecule has 1 N–H and O–H groups in total. The third-order valence-electron chi connectivity index (χ3n) is 2.46. The molecule has 1 amide bonds. The highest BCUT2D eigenvalue weighted by atomic mass is 16.1. The molecular formula is C13H13N3O. The summed E-state index contributed by atoms with van der Waals surface area (Å²) in [5.74, 6) is 0. The molecule has 0 spiro atoms. The lowest BCUT2D eigenvalue weighted by molar-refractivity contribution is -0.109. The topological polar surface area (TPSA) is 46.4 Å². The second-order valence-corrected chi connectivity index (χ2v) is 3.58. The summed E-state index contributed by atoms with van der Waals surface area (Å²) in [4.78, 5) is 10.3.